The molecule has 1 aliphatic rings. The molecule has 7 rings (SSSR count). The summed E-state index contributed by atoms with van der Waals surface area (Å²) in [6.45, 7) is 1.87. The number of nitrogens with one attached hydrogen (secondary N) is 3. The monoisotopic (exact) mass is 531 g/mol. The number of rotatable bonds is 5. The van der Waals surface area contributed by atoms with Crippen LogP contribution in [0.15, 0.2) is 67.1 Å². The van der Waals surface area contributed by atoms with Gasteiger partial charge in [-0.3, -0.25) is 19.9 Å². The Morgan fingerprint density at radius 1 is 1.00 bits per heavy atom. The van der Waals surface area contributed by atoms with Crippen LogP contribution in [-0.4, -0.2) is 36.0 Å². The molecule has 0 bridgehead atoms. The summed E-state index contributed by atoms with van der Waals surface area (Å²) in [6, 6.07) is 14.6. The van der Waals surface area contributed by atoms with Gasteiger partial charge in [-0.05, 0) is 61.2 Å². The first-order valence-corrected chi connectivity index (χ1v) is 13.4. The number of carbonyl (C=O) groups excluding carboxylic acids is 1. The van der Waals surface area contributed by atoms with Crippen LogP contribution < -0.4 is 5.32 Å². The molecular weight excluding hydrogens is 505 g/mol. The highest BCUT2D eigenvalue weighted by molar-refractivity contribution is 5.98. The highest BCUT2D eigenvalue weighted by atomic mass is 19.1. The lowest BCUT2D eigenvalue weighted by molar-refractivity contribution is -0.119. The lowest BCUT2D eigenvalue weighted by Crippen LogP contribution is -2.20. The minimum atomic E-state index is -0.280. The number of hydrogen-bond acceptors (Lipinski definition) is 5. The number of pyridine rings is 2. The number of anilines is 1. The van der Waals surface area contributed by atoms with Crippen molar-refractivity contribution >= 4 is 33.5 Å². The summed E-state index contributed by atoms with van der Waals surface area (Å²) in [4.78, 5) is 29.8. The Kier molecular flexibility index (Phi) is 5.84. The molecule has 1 aliphatic carbocycles. The minimum absolute atomic E-state index is 0.0506. The molecule has 0 saturated heterocycles. The SMILES string of the molecule is Cc1cc(F)cc(-c2cccc3[nH]c(-c4n[nH]c5cnc(-c6cncc(NC(=O)C7CCCC7)c6)cc45)nc23)c1. The largest absolute Gasteiger partial charge is 0.337 e. The zero-order chi connectivity index (χ0) is 27.2. The van der Waals surface area contributed by atoms with E-state index in [2.05, 4.69) is 30.5 Å². The van der Waals surface area contributed by atoms with E-state index in [1.165, 1.54) is 12.1 Å². The maximum absolute atomic E-state index is 14.2. The van der Waals surface area contributed by atoms with E-state index in [4.69, 9.17) is 4.98 Å². The lowest BCUT2D eigenvalue weighted by atomic mass is 10.0. The standard InChI is InChI=1S/C31H26FN7O/c1-17-9-19(11-21(32)10-17)23-7-4-8-25-28(23)37-30(36-25)29-24-13-26(34-16-27(24)38-39-29)20-12-22(15-33-14-20)35-31(40)18-5-2-3-6-18/h4,7-16,18H,2-3,5-6H2,1H3,(H,35,40)(H,36,37)(H,38,39). The molecule has 6 aromatic rings. The molecule has 3 N–H and O–H groups in total. The summed E-state index contributed by atoms with van der Waals surface area (Å²) < 4.78 is 14.2. The molecule has 0 aliphatic heterocycles. The van der Waals surface area contributed by atoms with Gasteiger partial charge >= 0.3 is 0 Å². The van der Waals surface area contributed by atoms with E-state index < -0.39 is 0 Å². The maximum Gasteiger partial charge on any atom is 0.227 e. The van der Waals surface area contributed by atoms with Gasteiger partial charge in [0.25, 0.3) is 0 Å². The summed E-state index contributed by atoms with van der Waals surface area (Å²) in [5.74, 6) is 0.433. The number of fused-ring (bicyclic) bond motifs is 2. The molecule has 9 heteroatoms. The molecule has 0 unspecified atom stereocenters. The summed E-state index contributed by atoms with van der Waals surface area (Å²) >= 11 is 0. The van der Waals surface area contributed by atoms with Crippen molar-refractivity contribution in [1.29, 1.82) is 0 Å². The van der Waals surface area contributed by atoms with Gasteiger partial charge in [-0.2, -0.15) is 5.10 Å². The topological polar surface area (TPSA) is 112 Å². The second-order valence-electron chi connectivity index (χ2n) is 10.4. The number of aromatic nitrogens is 6. The van der Waals surface area contributed by atoms with Crippen LogP contribution in [-0.2, 0) is 4.79 Å². The van der Waals surface area contributed by atoms with Crippen molar-refractivity contribution < 1.29 is 9.18 Å². The maximum atomic E-state index is 14.2. The first-order chi connectivity index (χ1) is 19.5. The third-order valence-corrected chi connectivity index (χ3v) is 7.56. The quantitative estimate of drug-likeness (QED) is 0.226. The van der Waals surface area contributed by atoms with E-state index in [1.807, 2.05) is 43.3 Å². The van der Waals surface area contributed by atoms with Gasteiger partial charge < -0.3 is 10.3 Å². The van der Waals surface area contributed by atoms with Crippen molar-refractivity contribution in [2.45, 2.75) is 32.6 Å². The highest BCUT2D eigenvalue weighted by Gasteiger charge is 2.23. The van der Waals surface area contributed by atoms with E-state index in [-0.39, 0.29) is 17.6 Å². The fourth-order valence-electron chi connectivity index (χ4n) is 5.60. The summed E-state index contributed by atoms with van der Waals surface area (Å²) in [7, 11) is 0. The van der Waals surface area contributed by atoms with E-state index in [0.717, 1.165) is 69.9 Å². The number of para-hydroxylation sites is 1. The number of aromatic amines is 2. The molecular formula is C31H26FN7O. The molecule has 8 nitrogen and oxygen atoms in total. The predicted molar refractivity (Wildman–Crippen MR) is 153 cm³/mol. The zero-order valence-electron chi connectivity index (χ0n) is 21.8. The molecule has 1 fully saturated rings. The number of imidazole rings is 1. The molecule has 1 saturated carbocycles. The number of halogens is 1. The summed E-state index contributed by atoms with van der Waals surface area (Å²) in [5, 5.41) is 11.4. The minimum Gasteiger partial charge on any atom is -0.337 e. The van der Waals surface area contributed by atoms with Gasteiger partial charge in [0.1, 0.15) is 11.5 Å². The van der Waals surface area contributed by atoms with Crippen LogP contribution >= 0.6 is 0 Å². The number of aryl methyl sites for hydroxylation is 1. The average molecular weight is 532 g/mol. The Hall–Kier alpha value is -4.92. The van der Waals surface area contributed by atoms with Gasteiger partial charge in [-0.15, -0.1) is 0 Å². The van der Waals surface area contributed by atoms with Crippen LogP contribution in [0.5, 0.6) is 0 Å². The number of benzene rings is 2. The summed E-state index contributed by atoms with van der Waals surface area (Å²) in [5.41, 5.74) is 7.57. The van der Waals surface area contributed by atoms with E-state index in [1.54, 1.807) is 18.6 Å². The summed E-state index contributed by atoms with van der Waals surface area (Å²) in [6.07, 6.45) is 9.19. The second kappa shape index (κ2) is 9.68. The lowest BCUT2D eigenvalue weighted by Gasteiger charge is -2.11. The van der Waals surface area contributed by atoms with Crippen LogP contribution in [0.25, 0.3) is 55.8 Å². The average Bonchev–Trinajstić information content (AvgIpc) is 3.71. The molecule has 0 radical (unpaired) electrons. The van der Waals surface area contributed by atoms with Gasteiger partial charge in [0.15, 0.2) is 5.82 Å². The van der Waals surface area contributed by atoms with Gasteiger partial charge in [-0.1, -0.05) is 31.0 Å². The molecule has 4 heterocycles. The molecule has 0 spiro atoms. The van der Waals surface area contributed by atoms with Gasteiger partial charge in [0.2, 0.25) is 5.91 Å². The van der Waals surface area contributed by atoms with Crippen LogP contribution in [0, 0.1) is 18.7 Å². The third kappa shape index (κ3) is 4.39. The second-order valence-corrected chi connectivity index (χ2v) is 10.4. The zero-order valence-corrected chi connectivity index (χ0v) is 21.8. The molecule has 1 amide bonds. The number of hydrogen-bond donors (Lipinski definition) is 3. The van der Waals surface area contributed by atoms with Gasteiger partial charge in [0, 0.05) is 28.6 Å². The Labute approximate surface area is 229 Å². The predicted octanol–water partition coefficient (Wildman–Crippen LogP) is 6.81. The Balaban J connectivity index is 1.25. The van der Waals surface area contributed by atoms with Crippen molar-refractivity contribution in [3.8, 4) is 33.9 Å². The Morgan fingerprint density at radius 3 is 2.73 bits per heavy atom. The van der Waals surface area contributed by atoms with Crippen molar-refractivity contribution in [1.82, 2.24) is 30.1 Å². The molecule has 198 valence electrons. The van der Waals surface area contributed by atoms with Crippen LogP contribution in [0.1, 0.15) is 31.2 Å². The normalized spacial score (nSPS) is 13.8. The smallest absolute Gasteiger partial charge is 0.227 e. The van der Waals surface area contributed by atoms with Gasteiger partial charge in [0.05, 0.1) is 40.3 Å². The fourth-order valence-corrected chi connectivity index (χ4v) is 5.60. The Morgan fingerprint density at radius 2 is 1.88 bits per heavy atom. The molecule has 2 aromatic carbocycles. The number of H-pyrrole nitrogens is 2. The molecule has 40 heavy (non-hydrogen) atoms. The molecule has 0 atom stereocenters. The van der Waals surface area contributed by atoms with E-state index in [0.29, 0.717) is 22.9 Å². The fraction of sp³-hybridized carbons (Fsp3) is 0.194. The molecule has 4 aromatic heterocycles. The van der Waals surface area contributed by atoms with E-state index >= 15 is 0 Å². The van der Waals surface area contributed by atoms with Crippen molar-refractivity contribution in [3.05, 3.63) is 78.5 Å². The third-order valence-electron chi connectivity index (χ3n) is 7.56. The van der Waals surface area contributed by atoms with Crippen LogP contribution in [0.2, 0.25) is 0 Å². The van der Waals surface area contributed by atoms with Crippen molar-refractivity contribution in [3.63, 3.8) is 0 Å². The number of amides is 1. The van der Waals surface area contributed by atoms with Crippen molar-refractivity contribution in [2.24, 2.45) is 5.92 Å². The van der Waals surface area contributed by atoms with Crippen LogP contribution in [0.4, 0.5) is 10.1 Å². The van der Waals surface area contributed by atoms with E-state index in [9.17, 15) is 9.18 Å². The first-order valence-electron chi connectivity index (χ1n) is 13.4. The van der Waals surface area contributed by atoms with Crippen LogP contribution in [0.3, 0.4) is 0 Å². The van der Waals surface area contributed by atoms with Crippen molar-refractivity contribution in [2.75, 3.05) is 5.32 Å². The van der Waals surface area contributed by atoms with Gasteiger partial charge in [-0.25, -0.2) is 9.37 Å². The highest BCUT2D eigenvalue weighted by Crippen LogP contribution is 2.33. The Bertz CT molecular complexity index is 1880. The number of nitrogens with zero attached hydrogens (tertiary/aromatic N) is 4. The first kappa shape index (κ1) is 24.1. The number of carbonyl (C=O) groups is 1.